The summed E-state index contributed by atoms with van der Waals surface area (Å²) in [5.74, 6) is 1.82. The molecule has 0 spiro atoms. The predicted molar refractivity (Wildman–Crippen MR) is 95.7 cm³/mol. The van der Waals surface area contributed by atoms with Gasteiger partial charge in [-0.1, -0.05) is 12.1 Å². The summed E-state index contributed by atoms with van der Waals surface area (Å²) in [6.45, 7) is 4.45. The third kappa shape index (κ3) is 3.14. The maximum absolute atomic E-state index is 13.0. The number of rotatable bonds is 3. The Bertz CT molecular complexity index is 919. The fraction of sp³-hybridized carbons (Fsp3) is 0.333. The van der Waals surface area contributed by atoms with Gasteiger partial charge in [0.05, 0.1) is 5.52 Å². The third-order valence-corrected chi connectivity index (χ3v) is 4.49. The van der Waals surface area contributed by atoms with Gasteiger partial charge in [-0.2, -0.15) is 0 Å². The zero-order valence-corrected chi connectivity index (χ0v) is 14.3. The molecular formula is C18H18F2N6. The van der Waals surface area contributed by atoms with Gasteiger partial charge in [0.2, 0.25) is 0 Å². The Kier molecular flexibility index (Phi) is 4.32. The van der Waals surface area contributed by atoms with Crippen LogP contribution in [-0.4, -0.2) is 46.1 Å². The van der Waals surface area contributed by atoms with Gasteiger partial charge < -0.3 is 9.80 Å². The molecule has 0 amide bonds. The Morgan fingerprint density at radius 2 is 1.69 bits per heavy atom. The predicted octanol–water partition coefficient (Wildman–Crippen LogP) is 2.99. The molecule has 1 fully saturated rings. The van der Waals surface area contributed by atoms with Crippen molar-refractivity contribution in [1.29, 1.82) is 0 Å². The molecule has 2 aromatic heterocycles. The monoisotopic (exact) mass is 356 g/mol. The summed E-state index contributed by atoms with van der Waals surface area (Å²) in [4.78, 5) is 21.1. The van der Waals surface area contributed by atoms with E-state index in [1.54, 1.807) is 13.3 Å². The van der Waals surface area contributed by atoms with Crippen LogP contribution in [0.4, 0.5) is 20.4 Å². The van der Waals surface area contributed by atoms with Gasteiger partial charge in [0.15, 0.2) is 0 Å². The summed E-state index contributed by atoms with van der Waals surface area (Å²) in [6.07, 6.45) is -1.02. The van der Waals surface area contributed by atoms with Crippen LogP contribution in [0.15, 0.2) is 36.7 Å². The van der Waals surface area contributed by atoms with Gasteiger partial charge in [0, 0.05) is 37.6 Å². The van der Waals surface area contributed by atoms with Gasteiger partial charge in [0.1, 0.15) is 29.5 Å². The van der Waals surface area contributed by atoms with Crippen molar-refractivity contribution in [3.8, 4) is 0 Å². The summed E-state index contributed by atoms with van der Waals surface area (Å²) >= 11 is 0. The largest absolute Gasteiger partial charge is 0.353 e. The molecule has 0 atom stereocenters. The van der Waals surface area contributed by atoms with Crippen molar-refractivity contribution in [1.82, 2.24) is 19.9 Å². The first kappa shape index (κ1) is 16.6. The number of piperazine rings is 1. The first-order valence-corrected chi connectivity index (χ1v) is 8.45. The van der Waals surface area contributed by atoms with Crippen LogP contribution in [0.1, 0.15) is 17.9 Å². The molecule has 0 saturated carbocycles. The molecule has 134 valence electrons. The molecule has 1 aliphatic heterocycles. The lowest BCUT2D eigenvalue weighted by molar-refractivity contribution is 0.145. The second-order valence-corrected chi connectivity index (χ2v) is 6.19. The molecule has 0 aliphatic carbocycles. The number of fused-ring (bicyclic) bond motifs is 1. The van der Waals surface area contributed by atoms with Gasteiger partial charge in [-0.25, -0.2) is 28.7 Å². The molecule has 4 rings (SSSR count). The highest BCUT2D eigenvalue weighted by Crippen LogP contribution is 2.26. The number of aryl methyl sites for hydroxylation is 1. The van der Waals surface area contributed by atoms with Crippen LogP contribution in [0.3, 0.4) is 0 Å². The normalized spacial score (nSPS) is 15.1. The minimum Gasteiger partial charge on any atom is -0.353 e. The van der Waals surface area contributed by atoms with E-state index >= 15 is 0 Å². The molecule has 1 aromatic carbocycles. The Labute approximate surface area is 149 Å². The van der Waals surface area contributed by atoms with E-state index in [2.05, 4.69) is 24.8 Å². The van der Waals surface area contributed by atoms with Crippen molar-refractivity contribution in [2.75, 3.05) is 36.0 Å². The van der Waals surface area contributed by atoms with Gasteiger partial charge in [-0.15, -0.1) is 0 Å². The average Bonchev–Trinajstić information content (AvgIpc) is 2.67. The molecule has 0 radical (unpaired) electrons. The maximum atomic E-state index is 13.0. The molecule has 0 N–H and O–H groups in total. The van der Waals surface area contributed by atoms with E-state index in [-0.39, 0.29) is 5.69 Å². The zero-order valence-electron chi connectivity index (χ0n) is 14.3. The number of benzene rings is 1. The number of anilines is 2. The van der Waals surface area contributed by atoms with E-state index in [0.717, 1.165) is 29.8 Å². The van der Waals surface area contributed by atoms with Gasteiger partial charge in [-0.05, 0) is 19.1 Å². The molecule has 3 heterocycles. The van der Waals surface area contributed by atoms with E-state index in [1.165, 1.54) is 6.07 Å². The lowest BCUT2D eigenvalue weighted by Gasteiger charge is -2.36. The van der Waals surface area contributed by atoms with Crippen molar-refractivity contribution in [2.45, 2.75) is 13.3 Å². The molecule has 3 aromatic rings. The second kappa shape index (κ2) is 6.78. The molecule has 1 saturated heterocycles. The number of para-hydroxylation sites is 1. The van der Waals surface area contributed by atoms with Crippen molar-refractivity contribution < 1.29 is 8.78 Å². The van der Waals surface area contributed by atoms with E-state index < -0.39 is 6.43 Å². The summed E-state index contributed by atoms with van der Waals surface area (Å²) < 4.78 is 26.0. The number of aromatic nitrogens is 4. The molecular weight excluding hydrogens is 338 g/mol. The summed E-state index contributed by atoms with van der Waals surface area (Å²) in [6, 6.07) is 9.29. The first-order valence-electron chi connectivity index (χ1n) is 8.45. The first-order chi connectivity index (χ1) is 12.6. The zero-order chi connectivity index (χ0) is 18.1. The van der Waals surface area contributed by atoms with Crippen LogP contribution >= 0.6 is 0 Å². The number of hydrogen-bond donors (Lipinski definition) is 0. The van der Waals surface area contributed by atoms with E-state index in [9.17, 15) is 8.78 Å². The van der Waals surface area contributed by atoms with Crippen molar-refractivity contribution in [3.05, 3.63) is 48.2 Å². The van der Waals surface area contributed by atoms with Crippen LogP contribution < -0.4 is 9.80 Å². The molecule has 0 unspecified atom stereocenters. The molecule has 6 nitrogen and oxygen atoms in total. The third-order valence-electron chi connectivity index (χ3n) is 4.49. The smallest absolute Gasteiger partial charge is 0.280 e. The average molecular weight is 356 g/mol. The molecule has 0 bridgehead atoms. The highest BCUT2D eigenvalue weighted by atomic mass is 19.3. The van der Waals surface area contributed by atoms with Crippen molar-refractivity contribution >= 4 is 22.5 Å². The number of hydrogen-bond acceptors (Lipinski definition) is 6. The number of alkyl halides is 2. The SMILES string of the molecule is Cc1nc(C(F)F)cc(N2CCN(c3ncnc4ccccc34)CC2)n1. The fourth-order valence-electron chi connectivity index (χ4n) is 3.24. The van der Waals surface area contributed by atoms with Crippen LogP contribution in [0.5, 0.6) is 0 Å². The standard InChI is InChI=1S/C18H18F2N6/c1-12-23-15(17(19)20)10-16(24-12)25-6-8-26(9-7-25)18-13-4-2-3-5-14(13)21-11-22-18/h2-5,10-11,17H,6-9H2,1H3. The Balaban J connectivity index is 1.54. The lowest BCUT2D eigenvalue weighted by atomic mass is 10.2. The molecule has 1 aliphatic rings. The Hall–Kier alpha value is -2.90. The van der Waals surface area contributed by atoms with Crippen LogP contribution in [0.2, 0.25) is 0 Å². The van der Waals surface area contributed by atoms with Crippen LogP contribution in [-0.2, 0) is 0 Å². The second-order valence-electron chi connectivity index (χ2n) is 6.19. The van der Waals surface area contributed by atoms with Gasteiger partial charge >= 0.3 is 0 Å². The summed E-state index contributed by atoms with van der Waals surface area (Å²) in [7, 11) is 0. The van der Waals surface area contributed by atoms with Crippen LogP contribution in [0.25, 0.3) is 10.9 Å². The minimum absolute atomic E-state index is 0.225. The highest BCUT2D eigenvalue weighted by molar-refractivity contribution is 5.89. The minimum atomic E-state index is -2.59. The lowest BCUT2D eigenvalue weighted by Crippen LogP contribution is -2.47. The van der Waals surface area contributed by atoms with E-state index in [4.69, 9.17) is 0 Å². The van der Waals surface area contributed by atoms with Crippen LogP contribution in [0, 0.1) is 6.92 Å². The Morgan fingerprint density at radius 1 is 0.962 bits per heavy atom. The summed E-state index contributed by atoms with van der Waals surface area (Å²) in [5.41, 5.74) is 0.685. The van der Waals surface area contributed by atoms with Crippen molar-refractivity contribution in [2.24, 2.45) is 0 Å². The van der Waals surface area contributed by atoms with Gasteiger partial charge in [-0.3, -0.25) is 0 Å². The van der Waals surface area contributed by atoms with E-state index in [0.29, 0.717) is 24.7 Å². The quantitative estimate of drug-likeness (QED) is 0.719. The summed E-state index contributed by atoms with van der Waals surface area (Å²) in [5, 5.41) is 1.02. The number of nitrogens with zero attached hydrogens (tertiary/aromatic N) is 6. The fourth-order valence-corrected chi connectivity index (χ4v) is 3.24. The molecule has 8 heteroatoms. The van der Waals surface area contributed by atoms with Crippen molar-refractivity contribution in [3.63, 3.8) is 0 Å². The Morgan fingerprint density at radius 3 is 2.46 bits per heavy atom. The molecule has 26 heavy (non-hydrogen) atoms. The highest BCUT2D eigenvalue weighted by Gasteiger charge is 2.22. The topological polar surface area (TPSA) is 58.0 Å². The number of halogens is 2. The van der Waals surface area contributed by atoms with E-state index in [1.807, 2.05) is 29.2 Å². The van der Waals surface area contributed by atoms with Gasteiger partial charge in [0.25, 0.3) is 6.43 Å². The maximum Gasteiger partial charge on any atom is 0.280 e.